The molecular weight excluding hydrogens is 1220 g/mol. The highest BCUT2D eigenvalue weighted by molar-refractivity contribution is 6.57. The van der Waals surface area contributed by atoms with Gasteiger partial charge in [0.15, 0.2) is 0 Å². The van der Waals surface area contributed by atoms with Gasteiger partial charge in [-0.15, -0.1) is 0 Å². The van der Waals surface area contributed by atoms with Gasteiger partial charge in [0.2, 0.25) is 0 Å². The molecule has 0 spiro atoms. The van der Waals surface area contributed by atoms with Crippen molar-refractivity contribution in [3.05, 3.63) is 206 Å². The van der Waals surface area contributed by atoms with Crippen molar-refractivity contribution in [1.82, 2.24) is 15.1 Å². The maximum absolute atomic E-state index is 15.0. The van der Waals surface area contributed by atoms with E-state index in [4.69, 9.17) is 5.02 Å². The van der Waals surface area contributed by atoms with Crippen molar-refractivity contribution in [3.8, 4) is 0 Å². The second-order valence-corrected chi connectivity index (χ2v) is 21.5. The van der Waals surface area contributed by atoms with Crippen molar-refractivity contribution in [2.45, 2.75) is 84.2 Å². The summed E-state index contributed by atoms with van der Waals surface area (Å²) in [7, 11) is 0. The standard InChI is InChI=1S/C22H21BF4N2O3.C21H21BF4N2O3.C18H17BF4N2O3/c1-13-11-16(4-6-18(13)24)28-20(30)14-3-5-19(25)17(12-14)22(26,27)21(31)29-9-7-15(8-10-29)23(2)32;1-12-10-14(6-8-16(12)23)27-19(29)13-5-7-17(24)15(11-13)21(25,26)20(30)28-9-3-4-18(28)22(2)31;1-10-7-12(4-6-14(10)20)25-16(26)11-3-5-15(21)13(8-11)18(22,23)17(27)24-9-19(2)28/h3-7,11-12,32H,8-10H2,1-2H3,(H,28,30);5-8,10-11,18,31H,3-4,9H2,1-2H3,(H,27,29);3-8,28H,9H2,1-2H3,(H,24,27)(H,25,26)/t;18-;/m.0./s1. The fourth-order valence-corrected chi connectivity index (χ4v) is 9.38. The number of alkyl halides is 6. The Balaban J connectivity index is 0.000000218. The largest absolute Gasteiger partial charge is 0.449 e. The lowest BCUT2D eigenvalue weighted by Gasteiger charge is -2.30. The molecule has 1 fully saturated rings. The number of anilines is 3. The summed E-state index contributed by atoms with van der Waals surface area (Å²) in [5.41, 5.74) is -2.49. The highest BCUT2D eigenvalue weighted by atomic mass is 19.3. The van der Waals surface area contributed by atoms with Crippen LogP contribution in [0, 0.1) is 55.7 Å². The first kappa shape index (κ1) is 71.2. The van der Waals surface area contributed by atoms with Gasteiger partial charge in [-0.2, -0.15) is 26.3 Å². The number of likely N-dealkylation sites (tertiary alicyclic amines) is 1. The molecule has 30 heteroatoms. The van der Waals surface area contributed by atoms with Crippen molar-refractivity contribution in [3.63, 3.8) is 0 Å². The van der Waals surface area contributed by atoms with Gasteiger partial charge in [-0.25, -0.2) is 26.3 Å². The van der Waals surface area contributed by atoms with Gasteiger partial charge < -0.3 is 46.1 Å². The molecule has 15 nitrogen and oxygen atoms in total. The summed E-state index contributed by atoms with van der Waals surface area (Å²) in [5, 5.41) is 37.5. The van der Waals surface area contributed by atoms with Gasteiger partial charge in [-0.1, -0.05) is 32.0 Å². The Morgan fingerprint density at radius 3 is 1.23 bits per heavy atom. The molecule has 2 aliphatic rings. The van der Waals surface area contributed by atoms with E-state index in [-0.39, 0.29) is 76.5 Å². The van der Waals surface area contributed by atoms with Crippen molar-refractivity contribution in [2.75, 3.05) is 42.0 Å². The fraction of sp³-hybridized carbons (Fsp3) is 0.279. The summed E-state index contributed by atoms with van der Waals surface area (Å²) >= 11 is 0. The highest BCUT2D eigenvalue weighted by Crippen LogP contribution is 2.38. The van der Waals surface area contributed by atoms with Crippen molar-refractivity contribution in [1.29, 1.82) is 0 Å². The monoisotopic (exact) mass is 1280 g/mol. The molecule has 2 heterocycles. The van der Waals surface area contributed by atoms with Crippen molar-refractivity contribution in [2.24, 2.45) is 0 Å². The van der Waals surface area contributed by atoms with Crippen LogP contribution in [0.1, 0.15) is 83.7 Å². The molecule has 91 heavy (non-hydrogen) atoms. The average Bonchev–Trinajstić information content (AvgIpc) is 1.60. The van der Waals surface area contributed by atoms with E-state index >= 15 is 0 Å². The number of nitrogens with zero attached hydrogens (tertiary/aromatic N) is 2. The third-order valence-corrected chi connectivity index (χ3v) is 14.5. The summed E-state index contributed by atoms with van der Waals surface area (Å²) in [6.07, 6.45) is 2.08. The molecule has 6 amide bonds. The predicted octanol–water partition coefficient (Wildman–Crippen LogP) is 10.6. The number of benzene rings is 6. The Bertz CT molecular complexity index is 3770. The third kappa shape index (κ3) is 17.5. The zero-order valence-electron chi connectivity index (χ0n) is 49.4. The molecule has 0 aliphatic carbocycles. The van der Waals surface area contributed by atoms with Crippen LogP contribution in [0.15, 0.2) is 121 Å². The van der Waals surface area contributed by atoms with Crippen molar-refractivity contribution >= 4 is 73.3 Å². The molecule has 1 atom stereocenters. The topological polar surface area (TPSA) is 218 Å². The summed E-state index contributed by atoms with van der Waals surface area (Å²) in [6.45, 7) is 5.70. The minimum atomic E-state index is -4.26. The Morgan fingerprint density at radius 2 is 0.890 bits per heavy atom. The zero-order valence-corrected chi connectivity index (χ0v) is 49.4. The number of carbonyl (C=O) groups excluding carboxylic acids is 6. The molecule has 0 bridgehead atoms. The summed E-state index contributed by atoms with van der Waals surface area (Å²) in [5.74, 6) is -26.4. The SMILES string of the molecule is CB(O)C1=CCN(C(=O)C(F)(F)c2cc(C(=O)Nc3ccc(F)c(C)c3)ccc2F)CC1.CB(O)CNC(=O)C(F)(F)c1cc(C(=O)Nc2ccc(F)c(C)c2)ccc1F.CB(O)[C@@H]1CCCN1C(=O)C(F)(F)c1cc(C(=O)Nc2ccc(F)c(C)c2)ccc1F. The van der Waals surface area contributed by atoms with E-state index in [0.717, 1.165) is 46.2 Å². The molecule has 0 unspecified atom stereocenters. The molecule has 6 aromatic carbocycles. The van der Waals surface area contributed by atoms with Gasteiger partial charge in [-0.3, -0.25) is 28.8 Å². The lowest BCUT2D eigenvalue weighted by Crippen LogP contribution is -2.49. The quantitative estimate of drug-likeness (QED) is 0.0362. The number of hydrogen-bond donors (Lipinski definition) is 7. The van der Waals surface area contributed by atoms with Gasteiger partial charge >= 0.3 is 38.5 Å². The van der Waals surface area contributed by atoms with Crippen LogP contribution in [0.2, 0.25) is 20.5 Å². The van der Waals surface area contributed by atoms with E-state index in [1.54, 1.807) is 5.32 Å². The van der Waals surface area contributed by atoms with Gasteiger partial charge in [0.05, 0.1) is 16.7 Å². The smallest absolute Gasteiger partial charge is 0.352 e. The van der Waals surface area contributed by atoms with E-state index in [2.05, 4.69) is 16.0 Å². The molecule has 1 saturated heterocycles. The van der Waals surface area contributed by atoms with Crippen molar-refractivity contribution < 1.29 is 96.5 Å². The van der Waals surface area contributed by atoms with E-state index in [1.165, 1.54) is 83.7 Å². The van der Waals surface area contributed by atoms with Crippen LogP contribution >= 0.6 is 0 Å². The molecular formula is C61H59B3F12N6O9. The average molecular weight is 1280 g/mol. The summed E-state index contributed by atoms with van der Waals surface area (Å²) in [4.78, 5) is 75.7. The third-order valence-electron chi connectivity index (χ3n) is 14.5. The maximum atomic E-state index is 15.0. The van der Waals surface area contributed by atoms with Crippen LogP contribution < -0.4 is 21.3 Å². The first-order valence-electron chi connectivity index (χ1n) is 27.9. The molecule has 7 N–H and O–H groups in total. The van der Waals surface area contributed by atoms with Gasteiger partial charge in [0.1, 0.15) is 34.9 Å². The Labute approximate surface area is 515 Å². The Hall–Kier alpha value is -8.89. The van der Waals surface area contributed by atoms with E-state index < -0.39 is 138 Å². The number of rotatable bonds is 16. The van der Waals surface area contributed by atoms with E-state index in [0.29, 0.717) is 54.7 Å². The number of carbonyl (C=O) groups is 6. The van der Waals surface area contributed by atoms with Crippen LogP contribution in [-0.4, -0.2) is 113 Å². The number of nitrogens with one attached hydrogen (secondary N) is 4. The van der Waals surface area contributed by atoms with Crippen LogP contribution in [0.3, 0.4) is 0 Å². The van der Waals surface area contributed by atoms with E-state index in [9.17, 15) is 91.5 Å². The summed E-state index contributed by atoms with van der Waals surface area (Å²) in [6, 6.07) is 18.2. The second kappa shape index (κ2) is 29.8. The highest BCUT2D eigenvalue weighted by Gasteiger charge is 2.51. The first-order chi connectivity index (χ1) is 42.5. The minimum absolute atomic E-state index is 0.0235. The fourth-order valence-electron chi connectivity index (χ4n) is 9.38. The van der Waals surface area contributed by atoms with Crippen LogP contribution in [0.25, 0.3) is 0 Å². The minimum Gasteiger partial charge on any atom is -0.449 e. The molecule has 0 saturated carbocycles. The molecule has 0 aromatic heterocycles. The Morgan fingerprint density at radius 1 is 0.516 bits per heavy atom. The van der Waals surface area contributed by atoms with Gasteiger partial charge in [-0.05, 0) is 166 Å². The Kier molecular flexibility index (Phi) is 23.3. The predicted molar refractivity (Wildman–Crippen MR) is 317 cm³/mol. The van der Waals surface area contributed by atoms with Crippen LogP contribution in [-0.2, 0) is 32.2 Å². The first-order valence-corrected chi connectivity index (χ1v) is 27.9. The zero-order chi connectivity index (χ0) is 67.6. The molecule has 0 radical (unpaired) electrons. The molecule has 8 rings (SSSR count). The maximum Gasteiger partial charge on any atom is 0.352 e. The number of halogens is 12. The van der Waals surface area contributed by atoms with E-state index in [1.807, 2.05) is 0 Å². The number of amides is 6. The molecule has 480 valence electrons. The molecule has 6 aromatic rings. The van der Waals surface area contributed by atoms with Crippen LogP contribution in [0.4, 0.5) is 69.7 Å². The molecule has 2 aliphatic heterocycles. The normalized spacial score (nSPS) is 13.9. The summed E-state index contributed by atoms with van der Waals surface area (Å²) < 4.78 is 171. The lowest BCUT2D eigenvalue weighted by molar-refractivity contribution is -0.159. The van der Waals surface area contributed by atoms with Gasteiger partial charge in [0, 0.05) is 65.8 Å². The van der Waals surface area contributed by atoms with Crippen LogP contribution in [0.5, 0.6) is 0 Å². The number of aryl methyl sites for hydroxylation is 3. The lowest BCUT2D eigenvalue weighted by atomic mass is 9.61. The number of hydrogen-bond acceptors (Lipinski definition) is 9. The van der Waals surface area contributed by atoms with Gasteiger partial charge in [0.25, 0.3) is 35.4 Å². The second-order valence-electron chi connectivity index (χ2n) is 21.5.